The first-order valence-electron chi connectivity index (χ1n) is 8.24. The van der Waals surface area contributed by atoms with Gasteiger partial charge in [0.2, 0.25) is 0 Å². The highest BCUT2D eigenvalue weighted by atomic mass is 32.1. The molecule has 2 aromatic rings. The summed E-state index contributed by atoms with van der Waals surface area (Å²) in [5.74, 6) is 0.945. The number of ether oxygens (including phenoxy) is 1. The van der Waals surface area contributed by atoms with Crippen LogP contribution in [0.5, 0.6) is 5.75 Å². The zero-order chi connectivity index (χ0) is 17.1. The van der Waals surface area contributed by atoms with Gasteiger partial charge in [-0.05, 0) is 44.5 Å². The Morgan fingerprint density at radius 1 is 1.46 bits per heavy atom. The van der Waals surface area contributed by atoms with Crippen LogP contribution in [0.4, 0.5) is 0 Å². The predicted octanol–water partition coefficient (Wildman–Crippen LogP) is 3.05. The van der Waals surface area contributed by atoms with E-state index in [0.29, 0.717) is 25.4 Å². The van der Waals surface area contributed by atoms with E-state index in [1.807, 2.05) is 36.6 Å². The second-order valence-electron chi connectivity index (χ2n) is 6.04. The maximum absolute atomic E-state index is 12.6. The molecule has 128 valence electrons. The SMILES string of the molecule is CCOc1ccc(-c2nc(C(=O)N3CCC(C(C)O)C3)cs2)cc1. The van der Waals surface area contributed by atoms with E-state index in [1.165, 1.54) is 11.3 Å². The fourth-order valence-corrected chi connectivity index (χ4v) is 3.69. The fourth-order valence-electron chi connectivity index (χ4n) is 2.89. The Hall–Kier alpha value is -1.92. The van der Waals surface area contributed by atoms with Gasteiger partial charge in [-0.3, -0.25) is 4.79 Å². The lowest BCUT2D eigenvalue weighted by atomic mass is 10.0. The standard InChI is InChI=1S/C18H22N2O3S/c1-3-23-15-6-4-13(5-7-15)17-19-16(11-24-17)18(22)20-9-8-14(10-20)12(2)21/h4-7,11-12,14,21H,3,8-10H2,1-2H3. The number of hydrogen-bond acceptors (Lipinski definition) is 5. The van der Waals surface area contributed by atoms with Gasteiger partial charge in [0.1, 0.15) is 16.5 Å². The van der Waals surface area contributed by atoms with Crippen LogP contribution in [-0.4, -0.2) is 46.7 Å². The first-order chi connectivity index (χ1) is 11.6. The summed E-state index contributed by atoms with van der Waals surface area (Å²) < 4.78 is 5.44. The largest absolute Gasteiger partial charge is 0.494 e. The molecule has 0 bridgehead atoms. The molecule has 0 radical (unpaired) electrons. The quantitative estimate of drug-likeness (QED) is 0.904. The zero-order valence-electron chi connectivity index (χ0n) is 13.9. The van der Waals surface area contributed by atoms with Crippen molar-refractivity contribution in [1.29, 1.82) is 0 Å². The van der Waals surface area contributed by atoms with Gasteiger partial charge in [-0.1, -0.05) is 0 Å². The average molecular weight is 346 g/mol. The van der Waals surface area contributed by atoms with Gasteiger partial charge < -0.3 is 14.7 Å². The van der Waals surface area contributed by atoms with E-state index >= 15 is 0 Å². The van der Waals surface area contributed by atoms with Crippen molar-refractivity contribution < 1.29 is 14.6 Å². The number of benzene rings is 1. The Kier molecular flexibility index (Phi) is 5.16. The maximum atomic E-state index is 12.6. The molecule has 1 aliphatic heterocycles. The highest BCUT2D eigenvalue weighted by Gasteiger charge is 2.30. The molecule has 1 aliphatic rings. The summed E-state index contributed by atoms with van der Waals surface area (Å²) in [6.07, 6.45) is 0.469. The van der Waals surface area contributed by atoms with Crippen LogP contribution < -0.4 is 4.74 Å². The smallest absolute Gasteiger partial charge is 0.273 e. The molecule has 2 heterocycles. The lowest BCUT2D eigenvalue weighted by Gasteiger charge is -2.16. The third-order valence-corrected chi connectivity index (χ3v) is 5.22. The van der Waals surface area contributed by atoms with Gasteiger partial charge in [0.05, 0.1) is 12.7 Å². The van der Waals surface area contributed by atoms with E-state index < -0.39 is 0 Å². The molecule has 3 rings (SSSR count). The molecular weight excluding hydrogens is 324 g/mol. The lowest BCUT2D eigenvalue weighted by molar-refractivity contribution is 0.0757. The lowest BCUT2D eigenvalue weighted by Crippen LogP contribution is -2.30. The van der Waals surface area contributed by atoms with Crippen LogP contribution in [0.25, 0.3) is 10.6 Å². The van der Waals surface area contributed by atoms with Crippen LogP contribution in [0.3, 0.4) is 0 Å². The van der Waals surface area contributed by atoms with Crippen molar-refractivity contribution in [2.45, 2.75) is 26.4 Å². The van der Waals surface area contributed by atoms with E-state index in [4.69, 9.17) is 4.74 Å². The summed E-state index contributed by atoms with van der Waals surface area (Å²) in [5.41, 5.74) is 1.46. The first-order valence-corrected chi connectivity index (χ1v) is 9.12. The minimum atomic E-state index is -0.377. The summed E-state index contributed by atoms with van der Waals surface area (Å²) in [6.45, 7) is 5.66. The summed E-state index contributed by atoms with van der Waals surface area (Å²) in [5, 5.41) is 12.3. The number of amides is 1. The average Bonchev–Trinajstić information content (AvgIpc) is 3.25. The molecule has 1 amide bonds. The third kappa shape index (κ3) is 3.60. The van der Waals surface area contributed by atoms with Gasteiger partial charge in [0, 0.05) is 30.0 Å². The Morgan fingerprint density at radius 2 is 2.21 bits per heavy atom. The summed E-state index contributed by atoms with van der Waals surface area (Å²) in [7, 11) is 0. The Bertz CT molecular complexity index is 697. The molecule has 24 heavy (non-hydrogen) atoms. The molecule has 1 saturated heterocycles. The maximum Gasteiger partial charge on any atom is 0.273 e. The van der Waals surface area contributed by atoms with Crippen molar-refractivity contribution in [3.8, 4) is 16.3 Å². The summed E-state index contributed by atoms with van der Waals surface area (Å²) in [4.78, 5) is 18.8. The van der Waals surface area contributed by atoms with Gasteiger partial charge in [0.15, 0.2) is 0 Å². The zero-order valence-corrected chi connectivity index (χ0v) is 14.8. The van der Waals surface area contributed by atoms with Gasteiger partial charge >= 0.3 is 0 Å². The van der Waals surface area contributed by atoms with Crippen molar-refractivity contribution in [2.75, 3.05) is 19.7 Å². The van der Waals surface area contributed by atoms with Crippen molar-refractivity contribution in [1.82, 2.24) is 9.88 Å². The van der Waals surface area contributed by atoms with Crippen molar-refractivity contribution in [3.05, 3.63) is 35.3 Å². The molecule has 2 unspecified atom stereocenters. The Morgan fingerprint density at radius 3 is 2.83 bits per heavy atom. The molecule has 1 aromatic heterocycles. The number of carbonyl (C=O) groups excluding carboxylic acids is 1. The fraction of sp³-hybridized carbons (Fsp3) is 0.444. The van der Waals surface area contributed by atoms with E-state index in [1.54, 1.807) is 11.8 Å². The highest BCUT2D eigenvalue weighted by Crippen LogP contribution is 2.27. The van der Waals surface area contributed by atoms with Crippen LogP contribution in [0.1, 0.15) is 30.8 Å². The molecule has 5 nitrogen and oxygen atoms in total. The molecule has 0 spiro atoms. The molecule has 0 saturated carbocycles. The number of likely N-dealkylation sites (tertiary alicyclic amines) is 1. The molecule has 2 atom stereocenters. The summed E-state index contributed by atoms with van der Waals surface area (Å²) in [6, 6.07) is 7.74. The normalized spacial score (nSPS) is 18.6. The molecular formula is C18H22N2O3S. The molecule has 1 N–H and O–H groups in total. The second kappa shape index (κ2) is 7.32. The van der Waals surface area contributed by atoms with Gasteiger partial charge in [0.25, 0.3) is 5.91 Å². The second-order valence-corrected chi connectivity index (χ2v) is 6.89. The Balaban J connectivity index is 1.70. The molecule has 1 fully saturated rings. The van der Waals surface area contributed by atoms with Crippen LogP contribution in [0, 0.1) is 5.92 Å². The topological polar surface area (TPSA) is 62.7 Å². The van der Waals surface area contributed by atoms with Gasteiger partial charge in [-0.25, -0.2) is 4.98 Å². The molecule has 1 aromatic carbocycles. The van der Waals surface area contributed by atoms with E-state index in [0.717, 1.165) is 22.7 Å². The van der Waals surface area contributed by atoms with Crippen LogP contribution in [0.2, 0.25) is 0 Å². The number of carbonyl (C=O) groups is 1. The number of aliphatic hydroxyl groups excluding tert-OH is 1. The number of thiazole rings is 1. The van der Waals surface area contributed by atoms with Crippen molar-refractivity contribution >= 4 is 17.2 Å². The predicted molar refractivity (Wildman–Crippen MR) is 94.4 cm³/mol. The van der Waals surface area contributed by atoms with Crippen LogP contribution in [-0.2, 0) is 0 Å². The number of rotatable bonds is 5. The van der Waals surface area contributed by atoms with Crippen LogP contribution in [0.15, 0.2) is 29.6 Å². The van der Waals surface area contributed by atoms with Crippen molar-refractivity contribution in [2.24, 2.45) is 5.92 Å². The molecule has 0 aliphatic carbocycles. The number of aromatic nitrogens is 1. The van der Waals surface area contributed by atoms with E-state index in [2.05, 4.69) is 4.98 Å². The number of nitrogens with zero attached hydrogens (tertiary/aromatic N) is 2. The monoisotopic (exact) mass is 346 g/mol. The minimum Gasteiger partial charge on any atom is -0.494 e. The van der Waals surface area contributed by atoms with Gasteiger partial charge in [-0.2, -0.15) is 0 Å². The van der Waals surface area contributed by atoms with E-state index in [9.17, 15) is 9.90 Å². The first kappa shape index (κ1) is 16.9. The minimum absolute atomic E-state index is 0.0495. The number of hydrogen-bond donors (Lipinski definition) is 1. The third-order valence-electron chi connectivity index (χ3n) is 4.33. The summed E-state index contributed by atoms with van der Waals surface area (Å²) >= 11 is 1.47. The highest BCUT2D eigenvalue weighted by molar-refractivity contribution is 7.13. The number of aliphatic hydroxyl groups is 1. The van der Waals surface area contributed by atoms with Crippen molar-refractivity contribution in [3.63, 3.8) is 0 Å². The van der Waals surface area contributed by atoms with Crippen LogP contribution >= 0.6 is 11.3 Å². The van der Waals surface area contributed by atoms with E-state index in [-0.39, 0.29) is 17.9 Å². The Labute approximate surface area is 145 Å². The van der Waals surface area contributed by atoms with Gasteiger partial charge in [-0.15, -0.1) is 11.3 Å². The molecule has 6 heteroatoms.